The molecule has 0 saturated carbocycles. The Kier molecular flexibility index (Phi) is 4.46. The molecule has 0 aliphatic rings. The van der Waals surface area contributed by atoms with Crippen molar-refractivity contribution in [1.82, 2.24) is 9.66 Å². The number of hydrogen-bond donors (Lipinski definition) is 1. The van der Waals surface area contributed by atoms with Crippen LogP contribution >= 0.6 is 11.8 Å². The van der Waals surface area contributed by atoms with Gasteiger partial charge in [0.2, 0.25) is 0 Å². The van der Waals surface area contributed by atoms with Crippen LogP contribution in [0.1, 0.15) is 6.92 Å². The quantitative estimate of drug-likeness (QED) is 0.513. The van der Waals surface area contributed by atoms with E-state index < -0.39 is 0 Å². The van der Waals surface area contributed by atoms with Crippen LogP contribution in [0.25, 0.3) is 11.3 Å². The molecular formula is C13H15N3O2S. The van der Waals surface area contributed by atoms with Crippen molar-refractivity contribution in [3.8, 4) is 11.3 Å². The molecule has 0 aliphatic carbocycles. The van der Waals surface area contributed by atoms with E-state index >= 15 is 0 Å². The molecule has 2 N–H and O–H groups in total. The van der Waals surface area contributed by atoms with Crippen molar-refractivity contribution in [2.45, 2.75) is 12.1 Å². The predicted molar refractivity (Wildman–Crippen MR) is 75.2 cm³/mol. The Morgan fingerprint density at radius 1 is 1.42 bits per heavy atom. The molecule has 0 bridgehead atoms. The molecule has 2 aromatic rings. The van der Waals surface area contributed by atoms with Crippen LogP contribution in [0.2, 0.25) is 0 Å². The van der Waals surface area contributed by atoms with E-state index in [1.54, 1.807) is 13.1 Å². The lowest BCUT2D eigenvalue weighted by atomic mass is 10.2. The number of nitrogens with zero attached hydrogens (tertiary/aromatic N) is 2. The number of ether oxygens (including phenoxy) is 1. The normalized spacial score (nSPS) is 10.4. The van der Waals surface area contributed by atoms with E-state index in [0.29, 0.717) is 11.8 Å². The van der Waals surface area contributed by atoms with Crippen LogP contribution in [0.3, 0.4) is 0 Å². The SMILES string of the molecule is CCOC(=O)CSc1nc(-c2ccccc2)cn1N. The lowest BCUT2D eigenvalue weighted by molar-refractivity contribution is -0.139. The van der Waals surface area contributed by atoms with Crippen molar-refractivity contribution in [3.05, 3.63) is 36.5 Å². The number of carbonyl (C=O) groups excluding carboxylic acids is 1. The van der Waals surface area contributed by atoms with Crippen LogP contribution < -0.4 is 5.84 Å². The van der Waals surface area contributed by atoms with Gasteiger partial charge in [-0.2, -0.15) is 0 Å². The molecule has 1 heterocycles. The Hall–Kier alpha value is -1.95. The summed E-state index contributed by atoms with van der Waals surface area (Å²) >= 11 is 1.26. The van der Waals surface area contributed by atoms with Crippen molar-refractivity contribution in [3.63, 3.8) is 0 Å². The topological polar surface area (TPSA) is 70.1 Å². The first kappa shape index (κ1) is 13.5. The summed E-state index contributed by atoms with van der Waals surface area (Å²) in [6, 6.07) is 9.75. The van der Waals surface area contributed by atoms with Crippen LogP contribution in [0, 0.1) is 0 Å². The Bertz CT molecular complexity index is 554. The van der Waals surface area contributed by atoms with Gasteiger partial charge in [-0.25, -0.2) is 9.66 Å². The minimum absolute atomic E-state index is 0.205. The van der Waals surface area contributed by atoms with E-state index in [0.717, 1.165) is 11.3 Å². The number of benzene rings is 1. The highest BCUT2D eigenvalue weighted by Crippen LogP contribution is 2.22. The van der Waals surface area contributed by atoms with E-state index in [1.165, 1.54) is 16.4 Å². The standard InChI is InChI=1S/C13H15N3O2S/c1-2-18-12(17)9-19-13-15-11(8-16(13)14)10-6-4-3-5-7-10/h3-8H,2,9,14H2,1H3. The highest BCUT2D eigenvalue weighted by molar-refractivity contribution is 7.99. The van der Waals surface area contributed by atoms with Gasteiger partial charge in [0.05, 0.1) is 24.3 Å². The Morgan fingerprint density at radius 3 is 2.84 bits per heavy atom. The van der Waals surface area contributed by atoms with Crippen molar-refractivity contribution in [2.24, 2.45) is 0 Å². The number of thioether (sulfide) groups is 1. The maximum absolute atomic E-state index is 11.3. The Balaban J connectivity index is 2.07. The summed E-state index contributed by atoms with van der Waals surface area (Å²) in [5.41, 5.74) is 1.78. The molecule has 0 unspecified atom stereocenters. The molecule has 0 radical (unpaired) electrons. The summed E-state index contributed by atoms with van der Waals surface area (Å²) in [4.78, 5) is 15.7. The van der Waals surface area contributed by atoms with Gasteiger partial charge < -0.3 is 10.6 Å². The van der Waals surface area contributed by atoms with Gasteiger partial charge >= 0.3 is 5.97 Å². The van der Waals surface area contributed by atoms with E-state index in [-0.39, 0.29) is 11.7 Å². The largest absolute Gasteiger partial charge is 0.465 e. The lowest BCUT2D eigenvalue weighted by Crippen LogP contribution is -2.11. The lowest BCUT2D eigenvalue weighted by Gasteiger charge is -2.01. The van der Waals surface area contributed by atoms with Crippen LogP contribution in [-0.4, -0.2) is 28.0 Å². The summed E-state index contributed by atoms with van der Waals surface area (Å²) in [6.07, 6.45) is 1.74. The molecular weight excluding hydrogens is 262 g/mol. The first-order chi connectivity index (χ1) is 9.20. The van der Waals surface area contributed by atoms with Gasteiger partial charge in [0.15, 0.2) is 5.16 Å². The molecule has 0 atom stereocenters. The number of esters is 1. The smallest absolute Gasteiger partial charge is 0.316 e. The number of nitrogen functional groups attached to an aromatic ring is 1. The van der Waals surface area contributed by atoms with Crippen molar-refractivity contribution >= 4 is 17.7 Å². The number of carbonyl (C=O) groups is 1. The Labute approximate surface area is 115 Å². The second-order valence-corrected chi connectivity index (χ2v) is 4.72. The third-order valence-corrected chi connectivity index (χ3v) is 3.33. The second kappa shape index (κ2) is 6.29. The monoisotopic (exact) mass is 277 g/mol. The van der Waals surface area contributed by atoms with E-state index in [2.05, 4.69) is 4.98 Å². The van der Waals surface area contributed by atoms with Crippen molar-refractivity contribution < 1.29 is 9.53 Å². The fourth-order valence-electron chi connectivity index (χ4n) is 1.56. The minimum atomic E-state index is -0.267. The third-order valence-electron chi connectivity index (χ3n) is 2.39. The van der Waals surface area contributed by atoms with Gasteiger partial charge in [-0.1, -0.05) is 42.1 Å². The van der Waals surface area contributed by atoms with E-state index in [1.807, 2.05) is 30.3 Å². The van der Waals surface area contributed by atoms with Crippen molar-refractivity contribution in [2.75, 3.05) is 18.2 Å². The molecule has 0 spiro atoms. The maximum atomic E-state index is 11.3. The zero-order valence-corrected chi connectivity index (χ0v) is 11.4. The van der Waals surface area contributed by atoms with Gasteiger partial charge in [-0.05, 0) is 6.92 Å². The summed E-state index contributed by atoms with van der Waals surface area (Å²) < 4.78 is 6.28. The zero-order chi connectivity index (χ0) is 13.7. The number of rotatable bonds is 5. The van der Waals surface area contributed by atoms with E-state index in [4.69, 9.17) is 10.6 Å². The van der Waals surface area contributed by atoms with Crippen LogP contribution in [0.5, 0.6) is 0 Å². The first-order valence-corrected chi connectivity index (χ1v) is 6.87. The van der Waals surface area contributed by atoms with Gasteiger partial charge in [-0.15, -0.1) is 0 Å². The highest BCUT2D eigenvalue weighted by Gasteiger charge is 2.10. The molecule has 0 amide bonds. The molecule has 1 aromatic heterocycles. The number of imidazole rings is 1. The van der Waals surface area contributed by atoms with Gasteiger partial charge in [0, 0.05) is 5.56 Å². The van der Waals surface area contributed by atoms with E-state index in [9.17, 15) is 4.79 Å². The maximum Gasteiger partial charge on any atom is 0.316 e. The second-order valence-electron chi connectivity index (χ2n) is 3.78. The highest BCUT2D eigenvalue weighted by atomic mass is 32.2. The van der Waals surface area contributed by atoms with Crippen LogP contribution in [0.4, 0.5) is 0 Å². The summed E-state index contributed by atoms with van der Waals surface area (Å²) in [5.74, 6) is 5.76. The van der Waals surface area contributed by atoms with Crippen molar-refractivity contribution in [1.29, 1.82) is 0 Å². The zero-order valence-electron chi connectivity index (χ0n) is 10.6. The molecule has 100 valence electrons. The molecule has 19 heavy (non-hydrogen) atoms. The third kappa shape index (κ3) is 3.51. The fraction of sp³-hybridized carbons (Fsp3) is 0.231. The van der Waals surface area contributed by atoms with Crippen LogP contribution in [-0.2, 0) is 9.53 Å². The minimum Gasteiger partial charge on any atom is -0.465 e. The number of hydrogen-bond acceptors (Lipinski definition) is 5. The first-order valence-electron chi connectivity index (χ1n) is 5.89. The van der Waals surface area contributed by atoms with Gasteiger partial charge in [0.25, 0.3) is 0 Å². The average Bonchev–Trinajstić information content (AvgIpc) is 2.79. The molecule has 6 heteroatoms. The average molecular weight is 277 g/mol. The predicted octanol–water partition coefficient (Wildman–Crippen LogP) is 1.92. The fourth-order valence-corrected chi connectivity index (χ4v) is 2.25. The molecule has 0 saturated heterocycles. The summed E-state index contributed by atoms with van der Waals surface area (Å²) in [7, 11) is 0. The molecule has 2 rings (SSSR count). The molecule has 0 aliphatic heterocycles. The number of nitrogens with two attached hydrogens (primary N) is 1. The Morgan fingerprint density at radius 2 is 2.16 bits per heavy atom. The van der Waals surface area contributed by atoms with Gasteiger partial charge in [0.1, 0.15) is 0 Å². The number of aromatic nitrogens is 2. The van der Waals surface area contributed by atoms with Crippen LogP contribution in [0.15, 0.2) is 41.7 Å². The van der Waals surface area contributed by atoms with Gasteiger partial charge in [-0.3, -0.25) is 4.79 Å². The molecule has 5 nitrogen and oxygen atoms in total. The summed E-state index contributed by atoms with van der Waals surface area (Å²) in [5, 5.41) is 0.590. The molecule has 1 aromatic carbocycles. The molecule has 0 fully saturated rings. The summed E-state index contributed by atoms with van der Waals surface area (Å²) in [6.45, 7) is 2.16.